The SMILES string of the molecule is CCn1cnnc1Cn1c(O)c(C)c(=O)[nH]c1=O. The highest BCUT2D eigenvalue weighted by Gasteiger charge is 2.13. The quantitative estimate of drug-likeness (QED) is 0.743. The van der Waals surface area contributed by atoms with Crippen LogP contribution in [0.15, 0.2) is 15.9 Å². The van der Waals surface area contributed by atoms with E-state index in [4.69, 9.17) is 0 Å². The Bertz CT molecular complexity index is 682. The maximum absolute atomic E-state index is 11.6. The van der Waals surface area contributed by atoms with Gasteiger partial charge in [-0.2, -0.15) is 0 Å². The summed E-state index contributed by atoms with van der Waals surface area (Å²) >= 11 is 0. The molecule has 0 aliphatic heterocycles. The van der Waals surface area contributed by atoms with Crippen LogP contribution < -0.4 is 11.2 Å². The third kappa shape index (κ3) is 1.92. The van der Waals surface area contributed by atoms with Crippen LogP contribution in [0.25, 0.3) is 0 Å². The summed E-state index contributed by atoms with van der Waals surface area (Å²) in [5.41, 5.74) is -1.17. The number of nitrogens with zero attached hydrogens (tertiary/aromatic N) is 4. The number of hydrogen-bond acceptors (Lipinski definition) is 5. The number of H-pyrrole nitrogens is 1. The first-order chi connectivity index (χ1) is 8.54. The van der Waals surface area contributed by atoms with Gasteiger partial charge in [-0.1, -0.05) is 0 Å². The summed E-state index contributed by atoms with van der Waals surface area (Å²) in [4.78, 5) is 25.0. The molecule has 0 bridgehead atoms. The van der Waals surface area contributed by atoms with Crippen LogP contribution in [0.3, 0.4) is 0 Å². The van der Waals surface area contributed by atoms with Gasteiger partial charge < -0.3 is 9.67 Å². The van der Waals surface area contributed by atoms with Crippen molar-refractivity contribution < 1.29 is 5.11 Å². The van der Waals surface area contributed by atoms with Crippen LogP contribution in [-0.4, -0.2) is 29.4 Å². The Hall–Kier alpha value is -2.38. The molecule has 0 amide bonds. The van der Waals surface area contributed by atoms with E-state index < -0.39 is 11.2 Å². The molecule has 0 aliphatic rings. The van der Waals surface area contributed by atoms with Crippen molar-refractivity contribution >= 4 is 0 Å². The van der Waals surface area contributed by atoms with E-state index in [1.165, 1.54) is 13.3 Å². The highest BCUT2D eigenvalue weighted by atomic mass is 16.3. The van der Waals surface area contributed by atoms with E-state index in [2.05, 4.69) is 15.2 Å². The van der Waals surface area contributed by atoms with Gasteiger partial charge in [0.15, 0.2) is 5.82 Å². The normalized spacial score (nSPS) is 10.8. The minimum Gasteiger partial charge on any atom is -0.494 e. The van der Waals surface area contributed by atoms with Gasteiger partial charge in [-0.25, -0.2) is 4.79 Å². The van der Waals surface area contributed by atoms with Crippen LogP contribution in [0.5, 0.6) is 5.88 Å². The molecule has 8 heteroatoms. The van der Waals surface area contributed by atoms with Crippen molar-refractivity contribution in [1.29, 1.82) is 0 Å². The van der Waals surface area contributed by atoms with Crippen LogP contribution in [0, 0.1) is 6.92 Å². The fourth-order valence-corrected chi connectivity index (χ4v) is 1.61. The number of aromatic nitrogens is 5. The fourth-order valence-electron chi connectivity index (χ4n) is 1.61. The van der Waals surface area contributed by atoms with Gasteiger partial charge in [0, 0.05) is 6.54 Å². The number of aromatic amines is 1. The van der Waals surface area contributed by atoms with Crippen molar-refractivity contribution in [2.75, 3.05) is 0 Å². The van der Waals surface area contributed by atoms with Gasteiger partial charge in [0.2, 0.25) is 5.88 Å². The maximum Gasteiger partial charge on any atom is 0.331 e. The molecule has 0 aromatic carbocycles. The molecule has 2 rings (SSSR count). The Morgan fingerprint density at radius 2 is 2.17 bits per heavy atom. The average Bonchev–Trinajstić information content (AvgIpc) is 2.79. The molecule has 0 saturated heterocycles. The minimum absolute atomic E-state index is 0.0517. The lowest BCUT2D eigenvalue weighted by Crippen LogP contribution is -2.32. The Morgan fingerprint density at radius 3 is 2.83 bits per heavy atom. The smallest absolute Gasteiger partial charge is 0.331 e. The second-order valence-corrected chi connectivity index (χ2v) is 3.83. The summed E-state index contributed by atoms with van der Waals surface area (Å²) in [6.07, 6.45) is 1.54. The molecule has 0 aliphatic carbocycles. The van der Waals surface area contributed by atoms with Crippen molar-refractivity contribution in [3.05, 3.63) is 38.6 Å². The number of aromatic hydroxyl groups is 1. The van der Waals surface area contributed by atoms with Crippen molar-refractivity contribution in [3.63, 3.8) is 0 Å². The molecule has 0 radical (unpaired) electrons. The molecule has 0 saturated carbocycles. The highest BCUT2D eigenvalue weighted by Crippen LogP contribution is 2.09. The molecule has 2 aromatic heterocycles. The van der Waals surface area contributed by atoms with E-state index in [1.54, 1.807) is 4.57 Å². The number of hydrogen-bond donors (Lipinski definition) is 2. The topological polar surface area (TPSA) is 106 Å². The minimum atomic E-state index is -0.672. The summed E-state index contributed by atoms with van der Waals surface area (Å²) < 4.78 is 2.79. The summed E-state index contributed by atoms with van der Waals surface area (Å²) in [5.74, 6) is 0.177. The molecule has 96 valence electrons. The first-order valence-electron chi connectivity index (χ1n) is 5.44. The standard InChI is InChI=1S/C10H13N5O3/c1-3-14-5-11-13-7(14)4-15-9(17)6(2)8(16)12-10(15)18/h5,17H,3-4H2,1-2H3,(H,12,16,18). The zero-order chi connectivity index (χ0) is 13.3. The number of aryl methyl sites for hydroxylation is 1. The van der Waals surface area contributed by atoms with Gasteiger partial charge in [-0.15, -0.1) is 10.2 Å². The molecule has 18 heavy (non-hydrogen) atoms. The van der Waals surface area contributed by atoms with Crippen LogP contribution in [0.1, 0.15) is 18.3 Å². The monoisotopic (exact) mass is 251 g/mol. The zero-order valence-electron chi connectivity index (χ0n) is 10.0. The van der Waals surface area contributed by atoms with Gasteiger partial charge in [0.1, 0.15) is 6.33 Å². The van der Waals surface area contributed by atoms with Gasteiger partial charge in [-0.05, 0) is 13.8 Å². The van der Waals surface area contributed by atoms with Crippen LogP contribution >= 0.6 is 0 Å². The second-order valence-electron chi connectivity index (χ2n) is 3.83. The van der Waals surface area contributed by atoms with E-state index in [-0.39, 0.29) is 18.0 Å². The van der Waals surface area contributed by atoms with E-state index in [9.17, 15) is 14.7 Å². The van der Waals surface area contributed by atoms with E-state index in [0.29, 0.717) is 12.4 Å². The molecule has 2 heterocycles. The van der Waals surface area contributed by atoms with Crippen LogP contribution in [-0.2, 0) is 13.1 Å². The van der Waals surface area contributed by atoms with E-state index >= 15 is 0 Å². The predicted molar refractivity (Wildman–Crippen MR) is 62.5 cm³/mol. The molecule has 0 spiro atoms. The first kappa shape index (κ1) is 12.1. The van der Waals surface area contributed by atoms with Gasteiger partial charge in [0.05, 0.1) is 12.1 Å². The summed E-state index contributed by atoms with van der Waals surface area (Å²) in [5, 5.41) is 17.4. The van der Waals surface area contributed by atoms with Crippen molar-refractivity contribution in [2.24, 2.45) is 0 Å². The largest absolute Gasteiger partial charge is 0.494 e. The number of nitrogens with one attached hydrogen (secondary N) is 1. The third-order valence-corrected chi connectivity index (χ3v) is 2.73. The average molecular weight is 251 g/mol. The Balaban J connectivity index is 2.51. The lowest BCUT2D eigenvalue weighted by Gasteiger charge is -2.09. The molecule has 0 fully saturated rings. The van der Waals surface area contributed by atoms with Gasteiger partial charge in [-0.3, -0.25) is 14.3 Å². The molecule has 0 unspecified atom stereocenters. The lowest BCUT2D eigenvalue weighted by molar-refractivity contribution is 0.400. The predicted octanol–water partition coefficient (Wildman–Crippen LogP) is -0.790. The van der Waals surface area contributed by atoms with E-state index in [1.807, 2.05) is 6.92 Å². The van der Waals surface area contributed by atoms with Gasteiger partial charge in [0.25, 0.3) is 5.56 Å². The van der Waals surface area contributed by atoms with Crippen molar-refractivity contribution in [2.45, 2.75) is 26.9 Å². The zero-order valence-corrected chi connectivity index (χ0v) is 10.0. The molecule has 2 N–H and O–H groups in total. The Labute approximate surface area is 102 Å². The Morgan fingerprint density at radius 1 is 1.44 bits per heavy atom. The highest BCUT2D eigenvalue weighted by molar-refractivity contribution is 5.20. The summed E-state index contributed by atoms with van der Waals surface area (Å²) in [7, 11) is 0. The molecule has 0 atom stereocenters. The van der Waals surface area contributed by atoms with E-state index in [0.717, 1.165) is 4.57 Å². The number of rotatable bonds is 3. The lowest BCUT2D eigenvalue weighted by atomic mass is 10.3. The first-order valence-corrected chi connectivity index (χ1v) is 5.44. The van der Waals surface area contributed by atoms with Crippen molar-refractivity contribution in [3.8, 4) is 5.88 Å². The maximum atomic E-state index is 11.6. The van der Waals surface area contributed by atoms with Crippen LogP contribution in [0.2, 0.25) is 0 Å². The molecule has 8 nitrogen and oxygen atoms in total. The summed E-state index contributed by atoms with van der Waals surface area (Å²) in [6.45, 7) is 4.05. The summed E-state index contributed by atoms with van der Waals surface area (Å²) in [6, 6.07) is 0. The molecular weight excluding hydrogens is 238 g/mol. The Kier molecular flexibility index (Phi) is 3.00. The molecule has 2 aromatic rings. The van der Waals surface area contributed by atoms with Crippen molar-refractivity contribution in [1.82, 2.24) is 24.3 Å². The second kappa shape index (κ2) is 4.47. The fraction of sp³-hybridized carbons (Fsp3) is 0.400. The van der Waals surface area contributed by atoms with Crippen LogP contribution in [0.4, 0.5) is 0 Å². The molecular formula is C10H13N5O3. The third-order valence-electron chi connectivity index (χ3n) is 2.73. The van der Waals surface area contributed by atoms with Gasteiger partial charge >= 0.3 is 5.69 Å².